The molecule has 0 fully saturated rings. The molecule has 9 heteroatoms. The van der Waals surface area contributed by atoms with Crippen molar-refractivity contribution in [2.24, 2.45) is 5.92 Å². The van der Waals surface area contributed by atoms with E-state index in [9.17, 15) is 18.0 Å². The lowest BCUT2D eigenvalue weighted by molar-refractivity contribution is -0.143. The van der Waals surface area contributed by atoms with Gasteiger partial charge in [-0.3, -0.25) is 4.79 Å². The van der Waals surface area contributed by atoms with Crippen LogP contribution in [0.5, 0.6) is 0 Å². The van der Waals surface area contributed by atoms with E-state index in [0.717, 1.165) is 0 Å². The maximum Gasteiger partial charge on any atom is 0.326 e. The van der Waals surface area contributed by atoms with Gasteiger partial charge in [0.2, 0.25) is 15.9 Å². The van der Waals surface area contributed by atoms with Gasteiger partial charge in [-0.1, -0.05) is 31.9 Å². The van der Waals surface area contributed by atoms with Gasteiger partial charge in [0.25, 0.3) is 0 Å². The SMILES string of the molecule is CCC(C)C(NC(=O)CNS(=O)(=O)c1ccc(Cl)cc1)C(=O)O. The molecule has 1 aromatic rings. The van der Waals surface area contributed by atoms with Crippen molar-refractivity contribution in [3.05, 3.63) is 29.3 Å². The van der Waals surface area contributed by atoms with Gasteiger partial charge in [0.1, 0.15) is 6.04 Å². The molecule has 1 aromatic carbocycles. The van der Waals surface area contributed by atoms with Crippen molar-refractivity contribution in [1.29, 1.82) is 0 Å². The van der Waals surface area contributed by atoms with E-state index in [0.29, 0.717) is 11.4 Å². The van der Waals surface area contributed by atoms with Crippen LogP contribution in [0.2, 0.25) is 5.02 Å². The minimum Gasteiger partial charge on any atom is -0.480 e. The second-order valence-electron chi connectivity index (χ2n) is 5.05. The Morgan fingerprint density at radius 2 is 1.83 bits per heavy atom. The summed E-state index contributed by atoms with van der Waals surface area (Å²) in [6.07, 6.45) is 0.563. The van der Waals surface area contributed by atoms with E-state index in [1.807, 2.05) is 0 Å². The van der Waals surface area contributed by atoms with Crippen molar-refractivity contribution in [3.63, 3.8) is 0 Å². The van der Waals surface area contributed by atoms with Crippen LogP contribution in [0.25, 0.3) is 0 Å². The predicted octanol–water partition coefficient (Wildman–Crippen LogP) is 1.23. The Balaban J connectivity index is 2.67. The van der Waals surface area contributed by atoms with Crippen molar-refractivity contribution in [1.82, 2.24) is 10.0 Å². The van der Waals surface area contributed by atoms with Crippen LogP contribution in [-0.4, -0.2) is 38.0 Å². The second-order valence-corrected chi connectivity index (χ2v) is 7.25. The summed E-state index contributed by atoms with van der Waals surface area (Å²) in [7, 11) is -3.87. The number of carbonyl (C=O) groups excluding carboxylic acids is 1. The monoisotopic (exact) mass is 362 g/mol. The molecule has 2 unspecified atom stereocenters. The Morgan fingerprint density at radius 1 is 1.26 bits per heavy atom. The fourth-order valence-corrected chi connectivity index (χ4v) is 2.87. The smallest absolute Gasteiger partial charge is 0.326 e. The third-order valence-electron chi connectivity index (χ3n) is 3.34. The van der Waals surface area contributed by atoms with Gasteiger partial charge in [-0.25, -0.2) is 17.9 Å². The predicted molar refractivity (Wildman–Crippen MR) is 85.7 cm³/mol. The minimum atomic E-state index is -3.87. The number of carboxylic acid groups (broad SMARTS) is 1. The highest BCUT2D eigenvalue weighted by molar-refractivity contribution is 7.89. The van der Waals surface area contributed by atoms with Gasteiger partial charge in [0.05, 0.1) is 11.4 Å². The highest BCUT2D eigenvalue weighted by atomic mass is 35.5. The van der Waals surface area contributed by atoms with Crippen LogP contribution >= 0.6 is 11.6 Å². The van der Waals surface area contributed by atoms with E-state index in [4.69, 9.17) is 16.7 Å². The molecule has 0 heterocycles. The number of hydrogen-bond acceptors (Lipinski definition) is 4. The molecule has 0 aliphatic heterocycles. The van der Waals surface area contributed by atoms with Crippen molar-refractivity contribution in [2.75, 3.05) is 6.54 Å². The lowest BCUT2D eigenvalue weighted by atomic mass is 9.99. The molecular formula is C14H19ClN2O5S. The summed E-state index contributed by atoms with van der Waals surface area (Å²) >= 11 is 5.68. The number of amides is 1. The van der Waals surface area contributed by atoms with E-state index in [1.54, 1.807) is 13.8 Å². The summed E-state index contributed by atoms with van der Waals surface area (Å²) < 4.78 is 26.1. The van der Waals surface area contributed by atoms with Crippen LogP contribution in [0.4, 0.5) is 0 Å². The highest BCUT2D eigenvalue weighted by Crippen LogP contribution is 2.13. The number of nitrogens with one attached hydrogen (secondary N) is 2. The van der Waals surface area contributed by atoms with Gasteiger partial charge < -0.3 is 10.4 Å². The van der Waals surface area contributed by atoms with Crippen molar-refractivity contribution in [2.45, 2.75) is 31.2 Å². The Bertz CT molecular complexity index is 660. The van der Waals surface area contributed by atoms with Crippen LogP contribution in [0, 0.1) is 5.92 Å². The maximum atomic E-state index is 12.0. The Kier molecular flexibility index (Phi) is 6.99. The van der Waals surface area contributed by atoms with Crippen LogP contribution < -0.4 is 10.0 Å². The van der Waals surface area contributed by atoms with Crippen molar-refractivity contribution < 1.29 is 23.1 Å². The van der Waals surface area contributed by atoms with E-state index in [2.05, 4.69) is 10.0 Å². The zero-order valence-electron chi connectivity index (χ0n) is 12.7. The molecule has 0 aromatic heterocycles. The molecule has 0 aliphatic carbocycles. The largest absolute Gasteiger partial charge is 0.480 e. The van der Waals surface area contributed by atoms with Gasteiger partial charge in [-0.05, 0) is 30.2 Å². The van der Waals surface area contributed by atoms with Crippen molar-refractivity contribution >= 4 is 33.5 Å². The summed E-state index contributed by atoms with van der Waals surface area (Å²) in [5, 5.41) is 11.8. The number of carboxylic acids is 1. The fraction of sp³-hybridized carbons (Fsp3) is 0.429. The molecule has 1 amide bonds. The van der Waals surface area contributed by atoms with E-state index >= 15 is 0 Å². The van der Waals surface area contributed by atoms with E-state index in [-0.39, 0.29) is 10.8 Å². The average Bonchev–Trinajstić information content (AvgIpc) is 2.50. The lowest BCUT2D eigenvalue weighted by Gasteiger charge is -2.20. The molecule has 2 atom stereocenters. The molecule has 3 N–H and O–H groups in total. The summed E-state index contributed by atoms with van der Waals surface area (Å²) in [4.78, 5) is 22.9. The normalized spacial score (nSPS) is 14.0. The van der Waals surface area contributed by atoms with E-state index < -0.39 is 34.5 Å². The third-order valence-corrected chi connectivity index (χ3v) is 5.01. The lowest BCUT2D eigenvalue weighted by Crippen LogP contribution is -2.48. The van der Waals surface area contributed by atoms with Gasteiger partial charge in [0.15, 0.2) is 0 Å². The fourth-order valence-electron chi connectivity index (χ4n) is 1.77. The highest BCUT2D eigenvalue weighted by Gasteiger charge is 2.25. The molecule has 7 nitrogen and oxygen atoms in total. The molecule has 0 bridgehead atoms. The Hall–Kier alpha value is -1.64. The second kappa shape index (κ2) is 8.28. The topological polar surface area (TPSA) is 113 Å². The number of rotatable bonds is 8. The van der Waals surface area contributed by atoms with Gasteiger partial charge in [-0.2, -0.15) is 0 Å². The minimum absolute atomic E-state index is 0.0357. The van der Waals surface area contributed by atoms with Crippen LogP contribution in [0.3, 0.4) is 0 Å². The van der Waals surface area contributed by atoms with E-state index in [1.165, 1.54) is 24.3 Å². The zero-order valence-corrected chi connectivity index (χ0v) is 14.3. The molecule has 1 rings (SSSR count). The number of halogens is 1. The van der Waals surface area contributed by atoms with Crippen LogP contribution in [0.15, 0.2) is 29.2 Å². The molecular weight excluding hydrogens is 344 g/mol. The van der Waals surface area contributed by atoms with Crippen LogP contribution in [-0.2, 0) is 19.6 Å². The molecule has 0 saturated heterocycles. The summed E-state index contributed by atoms with van der Waals surface area (Å²) in [5.41, 5.74) is 0. The number of benzene rings is 1. The Labute approximate surface area is 140 Å². The first kappa shape index (κ1) is 19.4. The number of hydrogen-bond donors (Lipinski definition) is 3. The first-order chi connectivity index (χ1) is 10.7. The quantitative estimate of drug-likeness (QED) is 0.644. The molecule has 0 radical (unpaired) electrons. The first-order valence-electron chi connectivity index (χ1n) is 6.94. The van der Waals surface area contributed by atoms with Gasteiger partial charge in [-0.15, -0.1) is 0 Å². The Morgan fingerprint density at radius 3 is 2.30 bits per heavy atom. The van der Waals surface area contributed by atoms with Gasteiger partial charge in [0, 0.05) is 5.02 Å². The number of carbonyl (C=O) groups is 2. The summed E-state index contributed by atoms with van der Waals surface area (Å²) in [6, 6.07) is 4.38. The standard InChI is InChI=1S/C14H19ClN2O5S/c1-3-9(2)13(14(19)20)17-12(18)8-16-23(21,22)11-6-4-10(15)5-7-11/h4-7,9,13,16H,3,8H2,1-2H3,(H,17,18)(H,19,20). The average molecular weight is 363 g/mol. The number of sulfonamides is 1. The van der Waals surface area contributed by atoms with Crippen LogP contribution in [0.1, 0.15) is 20.3 Å². The van der Waals surface area contributed by atoms with Crippen molar-refractivity contribution in [3.8, 4) is 0 Å². The molecule has 0 aliphatic rings. The maximum absolute atomic E-state index is 12.0. The molecule has 0 saturated carbocycles. The summed E-state index contributed by atoms with van der Waals surface area (Å²) in [6.45, 7) is 2.94. The third kappa shape index (κ3) is 5.81. The molecule has 23 heavy (non-hydrogen) atoms. The first-order valence-corrected chi connectivity index (χ1v) is 8.81. The van der Waals surface area contributed by atoms with Gasteiger partial charge >= 0.3 is 5.97 Å². The zero-order chi connectivity index (χ0) is 17.6. The molecule has 128 valence electrons. The molecule has 0 spiro atoms. The summed E-state index contributed by atoms with van der Waals surface area (Å²) in [5.74, 6) is -2.15. The number of aliphatic carboxylic acids is 1.